The van der Waals surface area contributed by atoms with Crippen molar-refractivity contribution in [1.82, 2.24) is 0 Å². The van der Waals surface area contributed by atoms with Gasteiger partial charge in [0.1, 0.15) is 0 Å². The maximum absolute atomic E-state index is 12.8. The highest BCUT2D eigenvalue weighted by Gasteiger charge is 2.33. The molecular formula is C14H17BrF3N. The number of hydrogen-bond acceptors (Lipinski definition) is 1. The molecule has 1 aliphatic rings. The quantitative estimate of drug-likeness (QED) is 0.756. The van der Waals surface area contributed by atoms with E-state index >= 15 is 0 Å². The Hall–Kier alpha value is -0.710. The second kappa shape index (κ2) is 5.73. The lowest BCUT2D eigenvalue weighted by atomic mass is 9.87. The van der Waals surface area contributed by atoms with E-state index < -0.39 is 11.7 Å². The number of rotatable bonds is 2. The Kier molecular flexibility index (Phi) is 4.43. The number of halogens is 4. The summed E-state index contributed by atoms with van der Waals surface area (Å²) in [6.07, 6.45) is 0.0867. The Balaban J connectivity index is 2.13. The van der Waals surface area contributed by atoms with E-state index in [1.54, 1.807) is 6.07 Å². The molecule has 1 aromatic rings. The van der Waals surface area contributed by atoms with E-state index in [0.717, 1.165) is 19.3 Å². The zero-order valence-corrected chi connectivity index (χ0v) is 12.3. The Morgan fingerprint density at radius 3 is 2.63 bits per heavy atom. The third-order valence-corrected chi connectivity index (χ3v) is 4.27. The van der Waals surface area contributed by atoms with Crippen LogP contribution in [0.15, 0.2) is 22.7 Å². The van der Waals surface area contributed by atoms with Crippen LogP contribution in [0.5, 0.6) is 0 Å². The van der Waals surface area contributed by atoms with Crippen LogP contribution in [0.25, 0.3) is 0 Å². The number of hydrogen-bond donors (Lipinski definition) is 1. The monoisotopic (exact) mass is 335 g/mol. The molecule has 2 atom stereocenters. The first-order valence-corrected chi connectivity index (χ1v) is 7.29. The third-order valence-electron chi connectivity index (χ3n) is 3.58. The first-order chi connectivity index (χ1) is 8.86. The van der Waals surface area contributed by atoms with Crippen molar-refractivity contribution in [3.8, 4) is 0 Å². The molecule has 1 saturated carbocycles. The second-order valence-electron chi connectivity index (χ2n) is 5.31. The van der Waals surface area contributed by atoms with Gasteiger partial charge in [-0.1, -0.05) is 35.7 Å². The Morgan fingerprint density at radius 1 is 1.26 bits per heavy atom. The third kappa shape index (κ3) is 3.88. The van der Waals surface area contributed by atoms with E-state index in [2.05, 4.69) is 28.2 Å². The largest absolute Gasteiger partial charge is 0.417 e. The van der Waals surface area contributed by atoms with Crippen LogP contribution in [0.3, 0.4) is 0 Å². The van der Waals surface area contributed by atoms with E-state index in [0.29, 0.717) is 11.6 Å². The van der Waals surface area contributed by atoms with Crippen molar-refractivity contribution in [3.05, 3.63) is 28.2 Å². The predicted octanol–water partition coefficient (Wildman–Crippen LogP) is 5.46. The fourth-order valence-corrected chi connectivity index (χ4v) is 3.10. The van der Waals surface area contributed by atoms with Gasteiger partial charge in [0.25, 0.3) is 0 Å². The van der Waals surface area contributed by atoms with E-state index in [9.17, 15) is 13.2 Å². The Bertz CT molecular complexity index is 445. The van der Waals surface area contributed by atoms with Gasteiger partial charge >= 0.3 is 6.18 Å². The van der Waals surface area contributed by atoms with Gasteiger partial charge in [-0.05, 0) is 37.0 Å². The Morgan fingerprint density at radius 2 is 2.00 bits per heavy atom. The van der Waals surface area contributed by atoms with Gasteiger partial charge in [-0.2, -0.15) is 13.2 Å². The van der Waals surface area contributed by atoms with Crippen molar-refractivity contribution in [2.24, 2.45) is 5.92 Å². The first kappa shape index (κ1) is 14.7. The maximum atomic E-state index is 12.8. The molecule has 0 saturated heterocycles. The number of anilines is 1. The van der Waals surface area contributed by atoms with Crippen LogP contribution >= 0.6 is 15.9 Å². The molecule has 1 nitrogen and oxygen atoms in total. The minimum atomic E-state index is -4.32. The first-order valence-electron chi connectivity index (χ1n) is 6.49. The molecule has 0 spiro atoms. The van der Waals surface area contributed by atoms with Crippen molar-refractivity contribution >= 4 is 21.6 Å². The average molecular weight is 336 g/mol. The summed E-state index contributed by atoms with van der Waals surface area (Å²) in [5.41, 5.74) is -0.0732. The molecule has 0 aromatic heterocycles. The minimum absolute atomic E-state index is 0.0857. The fraction of sp³-hybridized carbons (Fsp3) is 0.571. The molecule has 5 heteroatoms. The lowest BCUT2D eigenvalue weighted by Gasteiger charge is -2.28. The zero-order valence-electron chi connectivity index (χ0n) is 10.7. The smallest absolute Gasteiger partial charge is 0.382 e. The normalized spacial score (nSPS) is 24.3. The van der Waals surface area contributed by atoms with E-state index in [-0.39, 0.29) is 10.5 Å². The van der Waals surface area contributed by atoms with Crippen molar-refractivity contribution in [3.63, 3.8) is 0 Å². The molecule has 0 aliphatic heterocycles. The van der Waals surface area contributed by atoms with Crippen LogP contribution in [0.4, 0.5) is 18.9 Å². The molecule has 0 bridgehead atoms. The van der Waals surface area contributed by atoms with Crippen LogP contribution in [0, 0.1) is 5.92 Å². The van der Waals surface area contributed by atoms with Gasteiger partial charge in [-0.15, -0.1) is 0 Å². The van der Waals surface area contributed by atoms with Gasteiger partial charge in [0.15, 0.2) is 0 Å². The van der Waals surface area contributed by atoms with Crippen LogP contribution in [0.1, 0.15) is 38.2 Å². The van der Waals surface area contributed by atoms with Crippen molar-refractivity contribution in [2.45, 2.75) is 44.8 Å². The highest BCUT2D eigenvalue weighted by atomic mass is 79.9. The van der Waals surface area contributed by atoms with Crippen LogP contribution in [-0.2, 0) is 6.18 Å². The van der Waals surface area contributed by atoms with E-state index in [1.165, 1.54) is 18.6 Å². The van der Waals surface area contributed by atoms with Gasteiger partial charge in [0, 0.05) is 16.2 Å². The summed E-state index contributed by atoms with van der Waals surface area (Å²) in [5, 5.41) is 3.23. The Labute approximate surface area is 119 Å². The average Bonchev–Trinajstić information content (AvgIpc) is 2.30. The molecule has 2 unspecified atom stereocenters. The SMILES string of the molecule is CC1CCCC(Nc2ccc(Br)c(C(F)(F)F)c2)C1. The van der Waals surface area contributed by atoms with Crippen LogP contribution in [0.2, 0.25) is 0 Å². The van der Waals surface area contributed by atoms with Crippen molar-refractivity contribution in [1.29, 1.82) is 0 Å². The zero-order chi connectivity index (χ0) is 14.0. The maximum Gasteiger partial charge on any atom is 0.417 e. The molecule has 0 heterocycles. The summed E-state index contributed by atoms with van der Waals surface area (Å²) in [4.78, 5) is 0. The van der Waals surface area contributed by atoms with Gasteiger partial charge in [0.05, 0.1) is 5.56 Å². The van der Waals surface area contributed by atoms with Gasteiger partial charge in [-0.3, -0.25) is 0 Å². The molecule has 19 heavy (non-hydrogen) atoms. The lowest BCUT2D eigenvalue weighted by Crippen LogP contribution is -2.26. The number of benzene rings is 1. The highest BCUT2D eigenvalue weighted by Crippen LogP contribution is 2.37. The second-order valence-corrected chi connectivity index (χ2v) is 6.16. The summed E-state index contributed by atoms with van der Waals surface area (Å²) in [7, 11) is 0. The summed E-state index contributed by atoms with van der Waals surface area (Å²) in [6, 6.07) is 4.62. The summed E-state index contributed by atoms with van der Waals surface area (Å²) >= 11 is 2.95. The van der Waals surface area contributed by atoms with Crippen LogP contribution < -0.4 is 5.32 Å². The molecule has 2 rings (SSSR count). The molecule has 0 radical (unpaired) electrons. The number of nitrogens with one attached hydrogen (secondary N) is 1. The van der Waals surface area contributed by atoms with Crippen molar-refractivity contribution < 1.29 is 13.2 Å². The molecular weight excluding hydrogens is 319 g/mol. The molecule has 1 fully saturated rings. The van der Waals surface area contributed by atoms with Crippen molar-refractivity contribution in [2.75, 3.05) is 5.32 Å². The number of alkyl halides is 3. The highest BCUT2D eigenvalue weighted by molar-refractivity contribution is 9.10. The molecule has 0 amide bonds. The summed E-state index contributed by atoms with van der Waals surface area (Å²) in [6.45, 7) is 2.19. The molecule has 106 valence electrons. The summed E-state index contributed by atoms with van der Waals surface area (Å²) in [5.74, 6) is 0.642. The summed E-state index contributed by atoms with van der Waals surface area (Å²) < 4.78 is 38.5. The van der Waals surface area contributed by atoms with E-state index in [4.69, 9.17) is 0 Å². The minimum Gasteiger partial charge on any atom is -0.382 e. The molecule has 1 N–H and O–H groups in total. The standard InChI is InChI=1S/C14H17BrF3N/c1-9-3-2-4-10(7-9)19-11-5-6-13(15)12(8-11)14(16,17)18/h5-6,8-10,19H,2-4,7H2,1H3. The van der Waals surface area contributed by atoms with Gasteiger partial charge in [-0.25, -0.2) is 0 Å². The van der Waals surface area contributed by atoms with Gasteiger partial charge < -0.3 is 5.32 Å². The molecule has 1 aliphatic carbocycles. The molecule has 1 aromatic carbocycles. The lowest BCUT2D eigenvalue weighted by molar-refractivity contribution is -0.138. The van der Waals surface area contributed by atoms with Gasteiger partial charge in [0.2, 0.25) is 0 Å². The topological polar surface area (TPSA) is 12.0 Å². The van der Waals surface area contributed by atoms with Crippen LogP contribution in [-0.4, -0.2) is 6.04 Å². The fourth-order valence-electron chi connectivity index (χ4n) is 2.63. The van der Waals surface area contributed by atoms with E-state index in [1.807, 2.05) is 0 Å². The predicted molar refractivity (Wildman–Crippen MR) is 74.2 cm³/mol.